The fraction of sp³-hybridized carbons (Fsp3) is 0.0690. The summed E-state index contributed by atoms with van der Waals surface area (Å²) in [5, 5.41) is 0. The molecule has 33 heavy (non-hydrogen) atoms. The van der Waals surface area contributed by atoms with Gasteiger partial charge in [0.25, 0.3) is 0 Å². The zero-order chi connectivity index (χ0) is 23.1. The first-order valence-electron chi connectivity index (χ1n) is 10.6. The molecule has 0 fully saturated rings. The molecule has 0 radical (unpaired) electrons. The summed E-state index contributed by atoms with van der Waals surface area (Å²) < 4.78 is 38.7. The van der Waals surface area contributed by atoms with E-state index in [1.54, 1.807) is 0 Å². The number of benzene rings is 4. The Morgan fingerprint density at radius 1 is 0.636 bits per heavy atom. The van der Waals surface area contributed by atoms with Gasteiger partial charge in [0.15, 0.2) is 0 Å². The first-order chi connectivity index (χ1) is 16.0. The topological polar surface area (TPSA) is 12.4 Å². The Bertz CT molecular complexity index is 1170. The fourth-order valence-corrected chi connectivity index (χ4v) is 3.51. The highest BCUT2D eigenvalue weighted by Gasteiger charge is 2.29. The Kier molecular flexibility index (Phi) is 6.84. The summed E-state index contributed by atoms with van der Waals surface area (Å²) in [7, 11) is 0. The van der Waals surface area contributed by atoms with Gasteiger partial charge in [-0.05, 0) is 23.3 Å². The van der Waals surface area contributed by atoms with Gasteiger partial charge in [-0.2, -0.15) is 13.2 Å². The van der Waals surface area contributed by atoms with Crippen LogP contribution in [0, 0.1) is 0 Å². The normalized spacial score (nSPS) is 12.5. The first-order valence-corrected chi connectivity index (χ1v) is 10.6. The summed E-state index contributed by atoms with van der Waals surface area (Å²) in [6.07, 6.45) is -0.613. The molecule has 164 valence electrons. The highest BCUT2D eigenvalue weighted by atomic mass is 19.4. The average molecular weight is 441 g/mol. The van der Waals surface area contributed by atoms with Gasteiger partial charge in [-0.3, -0.25) is 4.99 Å². The first kappa shape index (κ1) is 22.3. The Hall–Kier alpha value is -3.92. The molecule has 1 unspecified atom stereocenters. The van der Waals surface area contributed by atoms with Crippen molar-refractivity contribution in [2.45, 2.75) is 12.2 Å². The minimum Gasteiger partial charge on any atom is -0.272 e. The van der Waals surface area contributed by atoms with Crippen LogP contribution in [0.2, 0.25) is 0 Å². The number of halogens is 3. The number of nitrogens with zero attached hydrogens (tertiary/aromatic N) is 1. The molecule has 1 atom stereocenters. The lowest BCUT2D eigenvalue weighted by atomic mass is 10.00. The molecule has 0 N–H and O–H groups in total. The van der Waals surface area contributed by atoms with Crippen molar-refractivity contribution in [1.29, 1.82) is 0 Å². The van der Waals surface area contributed by atoms with Crippen molar-refractivity contribution in [3.63, 3.8) is 0 Å². The van der Waals surface area contributed by atoms with E-state index in [9.17, 15) is 13.2 Å². The number of aliphatic imine (C=N–C) groups is 1. The highest BCUT2D eigenvalue weighted by molar-refractivity contribution is 6.13. The summed E-state index contributed by atoms with van der Waals surface area (Å²) >= 11 is 0. The van der Waals surface area contributed by atoms with Crippen molar-refractivity contribution in [3.8, 4) is 0 Å². The van der Waals surface area contributed by atoms with E-state index in [2.05, 4.69) is 0 Å². The minimum absolute atomic E-state index is 0.316. The van der Waals surface area contributed by atoms with Crippen LogP contribution in [0.1, 0.15) is 33.9 Å². The summed E-state index contributed by atoms with van der Waals surface area (Å²) in [5.41, 5.74) is 3.85. The molecule has 4 aromatic carbocycles. The third-order valence-corrected chi connectivity index (χ3v) is 5.21. The molecule has 0 saturated heterocycles. The maximum absolute atomic E-state index is 12.9. The molecule has 0 aliphatic rings. The minimum atomic E-state index is -4.35. The quantitative estimate of drug-likeness (QED) is 0.269. The van der Waals surface area contributed by atoms with Gasteiger partial charge in [0.2, 0.25) is 0 Å². The van der Waals surface area contributed by atoms with Crippen molar-refractivity contribution in [1.82, 2.24) is 0 Å². The smallest absolute Gasteiger partial charge is 0.272 e. The Labute approximate surface area is 191 Å². The number of rotatable bonds is 6. The number of hydrogen-bond donors (Lipinski definition) is 0. The van der Waals surface area contributed by atoms with Crippen molar-refractivity contribution in [2.75, 3.05) is 0 Å². The van der Waals surface area contributed by atoms with Crippen LogP contribution >= 0.6 is 0 Å². The second-order valence-corrected chi connectivity index (χ2v) is 7.54. The molecule has 0 aliphatic carbocycles. The third kappa shape index (κ3) is 5.86. The predicted octanol–water partition coefficient (Wildman–Crippen LogP) is 8.00. The van der Waals surface area contributed by atoms with E-state index in [0.717, 1.165) is 34.5 Å². The van der Waals surface area contributed by atoms with Crippen molar-refractivity contribution < 1.29 is 13.2 Å². The number of alkyl halides is 3. The summed E-state index contributed by atoms with van der Waals surface area (Å²) in [4.78, 5) is 5.11. The third-order valence-electron chi connectivity index (χ3n) is 5.21. The van der Waals surface area contributed by atoms with Gasteiger partial charge in [-0.1, -0.05) is 115 Å². The monoisotopic (exact) mass is 441 g/mol. The Balaban J connectivity index is 1.75. The number of hydrogen-bond acceptors (Lipinski definition) is 1. The SMILES string of the molecule is FC(F)(F)c1ccc(/C=C/C(N=C(c2ccccc2)c2ccccc2)c2ccccc2)cc1. The van der Waals surface area contributed by atoms with Crippen molar-refractivity contribution in [3.05, 3.63) is 149 Å². The van der Waals surface area contributed by atoms with Crippen LogP contribution in [0.15, 0.2) is 126 Å². The summed E-state index contributed by atoms with van der Waals surface area (Å²) in [6.45, 7) is 0. The fourth-order valence-electron chi connectivity index (χ4n) is 3.51. The van der Waals surface area contributed by atoms with Gasteiger partial charge in [0, 0.05) is 11.1 Å². The standard InChI is InChI=1S/C29H22F3N/c30-29(31,32)26-19-16-22(17-20-26)18-21-27(23-10-4-1-5-11-23)33-28(24-12-6-2-7-13-24)25-14-8-3-9-15-25/h1-21,27H/b21-18+. The molecule has 1 nitrogen and oxygen atoms in total. The van der Waals surface area contributed by atoms with Crippen LogP contribution in [0.5, 0.6) is 0 Å². The van der Waals surface area contributed by atoms with Crippen molar-refractivity contribution >= 4 is 11.8 Å². The van der Waals surface area contributed by atoms with Crippen LogP contribution in [-0.2, 0) is 6.18 Å². The summed E-state index contributed by atoms with van der Waals surface area (Å²) in [6, 6.07) is 34.6. The predicted molar refractivity (Wildman–Crippen MR) is 128 cm³/mol. The van der Waals surface area contributed by atoms with E-state index in [1.807, 2.05) is 103 Å². The molecule has 0 spiro atoms. The van der Waals surface area contributed by atoms with E-state index in [4.69, 9.17) is 4.99 Å². The summed E-state index contributed by atoms with van der Waals surface area (Å²) in [5.74, 6) is 0. The molecule has 0 aromatic heterocycles. The van der Waals surface area contributed by atoms with E-state index < -0.39 is 11.7 Å². The van der Waals surface area contributed by atoms with E-state index >= 15 is 0 Å². The van der Waals surface area contributed by atoms with Crippen LogP contribution in [0.4, 0.5) is 13.2 Å². The molecule has 4 heteroatoms. The molecular weight excluding hydrogens is 419 g/mol. The average Bonchev–Trinajstić information content (AvgIpc) is 2.85. The highest BCUT2D eigenvalue weighted by Crippen LogP contribution is 2.30. The van der Waals surface area contributed by atoms with Gasteiger partial charge in [-0.15, -0.1) is 0 Å². The van der Waals surface area contributed by atoms with Crippen LogP contribution in [0.25, 0.3) is 6.08 Å². The second-order valence-electron chi connectivity index (χ2n) is 7.54. The maximum Gasteiger partial charge on any atom is 0.416 e. The molecule has 0 amide bonds. The lowest BCUT2D eigenvalue weighted by Gasteiger charge is -2.14. The molecule has 0 aliphatic heterocycles. The van der Waals surface area contributed by atoms with Gasteiger partial charge in [0.05, 0.1) is 17.3 Å². The van der Waals surface area contributed by atoms with Gasteiger partial charge in [-0.25, -0.2) is 0 Å². The second kappa shape index (κ2) is 10.1. The lowest BCUT2D eigenvalue weighted by molar-refractivity contribution is -0.137. The lowest BCUT2D eigenvalue weighted by Crippen LogP contribution is -2.06. The Morgan fingerprint density at radius 2 is 1.12 bits per heavy atom. The molecule has 0 saturated carbocycles. The van der Waals surface area contributed by atoms with Crippen LogP contribution < -0.4 is 0 Å². The van der Waals surface area contributed by atoms with Gasteiger partial charge >= 0.3 is 6.18 Å². The van der Waals surface area contributed by atoms with Gasteiger partial charge in [0.1, 0.15) is 0 Å². The Morgan fingerprint density at radius 3 is 1.61 bits per heavy atom. The van der Waals surface area contributed by atoms with Gasteiger partial charge < -0.3 is 0 Å². The van der Waals surface area contributed by atoms with E-state index in [-0.39, 0.29) is 6.04 Å². The van der Waals surface area contributed by atoms with E-state index in [1.165, 1.54) is 12.1 Å². The van der Waals surface area contributed by atoms with Crippen LogP contribution in [0.3, 0.4) is 0 Å². The molecule has 4 aromatic rings. The largest absolute Gasteiger partial charge is 0.416 e. The zero-order valence-electron chi connectivity index (χ0n) is 17.8. The van der Waals surface area contributed by atoms with Crippen LogP contribution in [-0.4, -0.2) is 5.71 Å². The van der Waals surface area contributed by atoms with E-state index in [0.29, 0.717) is 5.56 Å². The molecule has 0 heterocycles. The zero-order valence-corrected chi connectivity index (χ0v) is 17.8. The molecule has 4 rings (SSSR count). The maximum atomic E-state index is 12.9. The molecular formula is C29H22F3N. The van der Waals surface area contributed by atoms with Crippen molar-refractivity contribution in [2.24, 2.45) is 4.99 Å². The molecule has 0 bridgehead atoms.